The van der Waals surface area contributed by atoms with E-state index in [2.05, 4.69) is 31.6 Å². The second-order valence-electron chi connectivity index (χ2n) is 19.6. The van der Waals surface area contributed by atoms with Gasteiger partial charge in [0.15, 0.2) is 5.78 Å². The Morgan fingerprint density at radius 1 is 0.747 bits per heavy atom. The minimum absolute atomic E-state index is 0.0239. The number of aliphatic carboxylic acids is 1. The molecule has 0 unspecified atom stereocenters. The number of carboxylic acid groups (broad SMARTS) is 1. The number of amides is 5. The average molecular weight is 1240 g/mol. The molecule has 4 atom stereocenters. The van der Waals surface area contributed by atoms with Crippen LogP contribution in [0, 0.1) is 18.8 Å². The Bertz CT molecular complexity index is 3750. The van der Waals surface area contributed by atoms with E-state index in [0.717, 1.165) is 0 Å². The zero-order valence-corrected chi connectivity index (χ0v) is 49.7. The molecule has 1 fully saturated rings. The molecule has 10 bridgehead atoms. The Morgan fingerprint density at radius 3 is 2.20 bits per heavy atom. The quantitative estimate of drug-likeness (QED) is 0.0637. The molecule has 8 heterocycles. The van der Waals surface area contributed by atoms with E-state index in [-0.39, 0.29) is 66.9 Å². The van der Waals surface area contributed by atoms with E-state index < -0.39 is 78.4 Å². The fourth-order valence-electron chi connectivity index (χ4n) is 9.05. The summed E-state index contributed by atoms with van der Waals surface area (Å²) < 4.78 is 10.9. The van der Waals surface area contributed by atoms with Crippen molar-refractivity contribution < 1.29 is 53.2 Å². The number of rotatable bonds is 11. The first kappa shape index (κ1) is 58.6. The number of carboxylic acids is 1. The predicted octanol–water partition coefficient (Wildman–Crippen LogP) is 8.61. The molecule has 430 valence electrons. The standard InChI is InChI=1S/C54H52N12O11S6/c1-23(2)29-15-35(67)40-24(3)82-51(65-40)31(16-38(68)55-4)58-45(71)33-20-78-47(60-33)28-11-12-30(49-62-37(22-81-49)63-54(75)77-27-13-26(14-27)53(73)74)57-41(28)32-19-79-50(59-32)34-21-80-52(61-34)43(44(70)25-9-7-6-8-10-25)64-39(69)17-56-46(72)42-36(18-76-5)83-48(29)66-42/h6-12,19-23,26-27,29,31,43-44,70H,13-18H2,1-5H3,(H,55,68)(H,56,72)(H,58,71)(H,63,75)(H,64,69)(H,73,74)/t26?,27?,29-,31-,43-,44-/m0/s1. The minimum atomic E-state index is -1.28. The van der Waals surface area contributed by atoms with Crippen molar-refractivity contribution in [2.24, 2.45) is 11.8 Å². The normalized spacial score (nSPS) is 19.0. The van der Waals surface area contributed by atoms with Crippen molar-refractivity contribution in [3.05, 3.63) is 111 Å². The van der Waals surface area contributed by atoms with Gasteiger partial charge in [0, 0.05) is 58.5 Å². The summed E-state index contributed by atoms with van der Waals surface area (Å²) >= 11 is 7.20. The van der Waals surface area contributed by atoms with Gasteiger partial charge in [0.2, 0.25) is 11.8 Å². The molecule has 0 radical (unpaired) electrons. The highest BCUT2D eigenvalue weighted by molar-refractivity contribution is 7.15. The number of nitrogens with one attached hydrogen (secondary N) is 5. The zero-order chi connectivity index (χ0) is 58.6. The number of fused-ring (bicyclic) bond motifs is 14. The molecule has 0 saturated heterocycles. The van der Waals surface area contributed by atoms with Crippen LogP contribution < -0.4 is 26.6 Å². The van der Waals surface area contributed by atoms with Crippen LogP contribution in [-0.2, 0) is 30.5 Å². The third-order valence-electron chi connectivity index (χ3n) is 13.6. The Hall–Kier alpha value is -7.64. The molecule has 0 spiro atoms. The van der Waals surface area contributed by atoms with Crippen molar-refractivity contribution in [1.82, 2.24) is 56.2 Å². The highest BCUT2D eigenvalue weighted by Gasteiger charge is 2.38. The molecule has 5 amide bonds. The van der Waals surface area contributed by atoms with Crippen LogP contribution in [0.5, 0.6) is 0 Å². The maximum Gasteiger partial charge on any atom is 0.413 e. The number of ether oxygens (including phenoxy) is 2. The summed E-state index contributed by atoms with van der Waals surface area (Å²) in [4.78, 5) is 128. The maximum absolute atomic E-state index is 14.3. The molecule has 2 aliphatic rings. The molecule has 7 N–H and O–H groups in total. The monoisotopic (exact) mass is 1240 g/mol. The van der Waals surface area contributed by atoms with Crippen LogP contribution in [0.1, 0.15) is 125 Å². The van der Waals surface area contributed by atoms with Gasteiger partial charge in [-0.15, -0.1) is 68.0 Å². The van der Waals surface area contributed by atoms with Crippen molar-refractivity contribution >= 4 is 115 Å². The van der Waals surface area contributed by atoms with Gasteiger partial charge in [0.1, 0.15) is 83.3 Å². The van der Waals surface area contributed by atoms with Gasteiger partial charge >= 0.3 is 12.1 Å². The number of aliphatic hydroxyl groups is 1. The van der Waals surface area contributed by atoms with Crippen LogP contribution in [0.4, 0.5) is 10.6 Å². The van der Waals surface area contributed by atoms with Gasteiger partial charge in [-0.25, -0.2) is 39.7 Å². The summed E-state index contributed by atoms with van der Waals surface area (Å²) in [5.74, 6) is -4.54. The molecule has 29 heteroatoms. The van der Waals surface area contributed by atoms with E-state index in [9.17, 15) is 43.8 Å². The summed E-state index contributed by atoms with van der Waals surface area (Å²) in [5.41, 5.74) is 2.75. The SMILES string of the molecule is CNC(=O)C[C@@H]1NC(=O)c2csc(n2)-c2ccc(-c3nc(NC(=O)OC4CC(C(=O)O)C4)cs3)nc2-c2csc(n2)-c2csc(n2)[C@H]([C@@H](O)c2ccccc2)NC(=O)CNC(=O)c2nc(sc2COC)[C@H](C(C)C)CC(=O)c2nc1sc2C. The molecule has 83 heavy (non-hydrogen) atoms. The smallest absolute Gasteiger partial charge is 0.413 e. The number of aliphatic hydroxyl groups excluding tert-OH is 1. The topological polar surface area (TPSA) is 329 Å². The molecule has 1 aromatic carbocycles. The van der Waals surface area contributed by atoms with E-state index in [1.54, 1.807) is 70.9 Å². The lowest BCUT2D eigenvalue weighted by Gasteiger charge is -2.31. The van der Waals surface area contributed by atoms with Crippen LogP contribution >= 0.6 is 68.0 Å². The van der Waals surface area contributed by atoms with Crippen LogP contribution in [0.3, 0.4) is 0 Å². The van der Waals surface area contributed by atoms with Crippen LogP contribution in [-0.4, -0.2) is 113 Å². The lowest BCUT2D eigenvalue weighted by atomic mass is 9.82. The highest BCUT2D eigenvalue weighted by Crippen LogP contribution is 2.41. The van der Waals surface area contributed by atoms with Gasteiger partial charge < -0.3 is 41.0 Å². The second kappa shape index (κ2) is 25.5. The van der Waals surface area contributed by atoms with E-state index in [1.165, 1.54) is 82.2 Å². The number of hydrogen-bond donors (Lipinski definition) is 7. The Balaban J connectivity index is 1.03. The zero-order valence-electron chi connectivity index (χ0n) is 44.8. The second-order valence-corrected chi connectivity index (χ2v) is 25.4. The number of carbonyl (C=O) groups is 7. The lowest BCUT2D eigenvalue weighted by Crippen LogP contribution is -2.40. The fraction of sp³-hybridized carbons (Fsp3) is 0.333. The van der Waals surface area contributed by atoms with E-state index in [0.29, 0.717) is 73.7 Å². The Morgan fingerprint density at radius 2 is 1.46 bits per heavy atom. The Kier molecular flexibility index (Phi) is 18.0. The largest absolute Gasteiger partial charge is 0.481 e. The van der Waals surface area contributed by atoms with E-state index in [1.807, 2.05) is 13.8 Å². The lowest BCUT2D eigenvalue weighted by molar-refractivity contribution is -0.148. The first-order valence-corrected chi connectivity index (χ1v) is 30.9. The van der Waals surface area contributed by atoms with Gasteiger partial charge in [-0.2, -0.15) is 0 Å². The van der Waals surface area contributed by atoms with Gasteiger partial charge in [-0.1, -0.05) is 44.2 Å². The molecule has 8 aromatic rings. The van der Waals surface area contributed by atoms with Gasteiger partial charge in [-0.3, -0.25) is 34.1 Å². The number of aryl methyl sites for hydroxylation is 1. The first-order chi connectivity index (χ1) is 39.9. The number of thiazole rings is 6. The molecule has 7 aromatic heterocycles. The summed E-state index contributed by atoms with van der Waals surface area (Å²) in [5, 5.41) is 43.9. The van der Waals surface area contributed by atoms with Crippen LogP contribution in [0.25, 0.3) is 43.4 Å². The highest BCUT2D eigenvalue weighted by atomic mass is 32.1. The van der Waals surface area contributed by atoms with Crippen molar-refractivity contribution in [1.29, 1.82) is 0 Å². The van der Waals surface area contributed by atoms with Crippen LogP contribution in [0.15, 0.2) is 64.0 Å². The van der Waals surface area contributed by atoms with Crippen LogP contribution in [0.2, 0.25) is 0 Å². The first-order valence-electron chi connectivity index (χ1n) is 25.8. The van der Waals surface area contributed by atoms with Crippen molar-refractivity contribution in [3.8, 4) is 43.4 Å². The summed E-state index contributed by atoms with van der Waals surface area (Å²) in [6, 6.07) is 10.2. The minimum Gasteiger partial charge on any atom is -0.481 e. The van der Waals surface area contributed by atoms with Gasteiger partial charge in [-0.05, 0) is 43.4 Å². The average Bonchev–Trinajstić information content (AvgIpc) is 4.45. The molecule has 10 rings (SSSR count). The summed E-state index contributed by atoms with van der Waals surface area (Å²) in [7, 11) is 2.95. The van der Waals surface area contributed by atoms with Crippen molar-refractivity contribution in [2.75, 3.05) is 26.0 Å². The Labute approximate surface area is 497 Å². The number of nitrogens with zero attached hydrogens (tertiary/aromatic N) is 7. The number of Topliss-reactive ketones (excluding diaryl/α,β-unsaturated/α-hetero) is 1. The number of carbonyl (C=O) groups excluding carboxylic acids is 6. The number of methoxy groups -OCH3 is 1. The van der Waals surface area contributed by atoms with E-state index >= 15 is 0 Å². The molecule has 1 saturated carbocycles. The summed E-state index contributed by atoms with van der Waals surface area (Å²) in [6.45, 7) is 5.14. The number of benzene rings is 1. The molecule has 1 aliphatic carbocycles. The third kappa shape index (κ3) is 13.3. The van der Waals surface area contributed by atoms with Crippen molar-refractivity contribution in [2.45, 2.75) is 83.3 Å². The number of anilines is 1. The molecule has 1 aliphatic heterocycles. The molecule has 23 nitrogen and oxygen atoms in total. The number of pyridine rings is 1. The summed E-state index contributed by atoms with van der Waals surface area (Å²) in [6.07, 6.45) is -2.40. The van der Waals surface area contributed by atoms with E-state index in [4.69, 9.17) is 39.4 Å². The predicted molar refractivity (Wildman–Crippen MR) is 313 cm³/mol. The number of ketones is 1. The molecular formula is C54H52N12O11S6. The maximum atomic E-state index is 14.3. The third-order valence-corrected chi connectivity index (χ3v) is 19.3. The fourth-order valence-corrected chi connectivity index (χ4v) is 14.6. The number of hydrogen-bond acceptors (Lipinski definition) is 23. The van der Waals surface area contributed by atoms with Crippen molar-refractivity contribution in [3.63, 3.8) is 0 Å². The van der Waals surface area contributed by atoms with Gasteiger partial charge in [0.25, 0.3) is 11.8 Å². The van der Waals surface area contributed by atoms with Gasteiger partial charge in [0.05, 0.1) is 47.1 Å². The molecular weight excluding hydrogens is 1190 g/mol. The number of aromatic nitrogens is 7.